The normalized spacial score (nSPS) is 12.7. The molecule has 0 radical (unpaired) electrons. The summed E-state index contributed by atoms with van der Waals surface area (Å²) in [4.78, 5) is 12.6. The van der Waals surface area contributed by atoms with Crippen LogP contribution in [0.5, 0.6) is 5.75 Å². The third-order valence-electron chi connectivity index (χ3n) is 3.83. The molecule has 1 aliphatic rings. The Bertz CT molecular complexity index is 999. The molecule has 5 nitrogen and oxygen atoms in total. The fourth-order valence-corrected chi connectivity index (χ4v) is 2.71. The Morgan fingerprint density at radius 2 is 2.14 bits per heavy atom. The Kier molecular flexibility index (Phi) is 2.70. The van der Waals surface area contributed by atoms with E-state index in [0.717, 1.165) is 23.4 Å². The second-order valence-electron chi connectivity index (χ2n) is 5.17. The van der Waals surface area contributed by atoms with Gasteiger partial charge in [-0.2, -0.15) is 15.0 Å². The summed E-state index contributed by atoms with van der Waals surface area (Å²) in [6.45, 7) is 0.676. The number of ether oxygens (including phenoxy) is 1. The molecule has 22 heavy (non-hydrogen) atoms. The van der Waals surface area contributed by atoms with Gasteiger partial charge in [0.05, 0.1) is 35.5 Å². The van der Waals surface area contributed by atoms with E-state index in [4.69, 9.17) is 10.00 Å². The molecule has 0 unspecified atom stereocenters. The van der Waals surface area contributed by atoms with Crippen molar-refractivity contribution in [3.63, 3.8) is 0 Å². The van der Waals surface area contributed by atoms with Crippen molar-refractivity contribution in [1.82, 2.24) is 9.78 Å². The summed E-state index contributed by atoms with van der Waals surface area (Å²) in [5.74, 6) is 0.872. The fourth-order valence-electron chi connectivity index (χ4n) is 2.71. The van der Waals surface area contributed by atoms with Crippen molar-refractivity contribution in [1.29, 1.82) is 5.26 Å². The van der Waals surface area contributed by atoms with Gasteiger partial charge < -0.3 is 4.74 Å². The molecule has 0 saturated heterocycles. The van der Waals surface area contributed by atoms with Gasteiger partial charge >= 0.3 is 0 Å². The molecule has 106 valence electrons. The standard InChI is InChI=1S/C17H11N3O2/c18-9-11-1-3-15-13(7-11)10-19-20(17(15)21)14-2-4-16-12(8-14)5-6-22-16/h1-4,7-8,10H,5-6H2. The highest BCUT2D eigenvalue weighted by molar-refractivity contribution is 5.82. The predicted molar refractivity (Wildman–Crippen MR) is 81.3 cm³/mol. The van der Waals surface area contributed by atoms with Crippen LogP contribution >= 0.6 is 0 Å². The third-order valence-corrected chi connectivity index (χ3v) is 3.83. The van der Waals surface area contributed by atoms with Crippen LogP contribution in [0, 0.1) is 11.3 Å². The first-order chi connectivity index (χ1) is 10.8. The zero-order valence-electron chi connectivity index (χ0n) is 11.6. The molecule has 0 saturated carbocycles. The zero-order chi connectivity index (χ0) is 15.1. The number of aromatic nitrogens is 2. The first kappa shape index (κ1) is 12.6. The number of benzene rings is 2. The Morgan fingerprint density at radius 1 is 1.23 bits per heavy atom. The highest BCUT2D eigenvalue weighted by Gasteiger charge is 2.14. The van der Waals surface area contributed by atoms with Crippen LogP contribution in [0.15, 0.2) is 47.4 Å². The van der Waals surface area contributed by atoms with Gasteiger partial charge in [-0.25, -0.2) is 0 Å². The number of fused-ring (bicyclic) bond motifs is 2. The SMILES string of the molecule is N#Cc1ccc2c(=O)n(-c3ccc4c(c3)CCO4)ncc2c1. The van der Waals surface area contributed by atoms with Crippen LogP contribution in [0.25, 0.3) is 16.5 Å². The Balaban J connectivity index is 1.91. The van der Waals surface area contributed by atoms with Crippen LogP contribution in [0.2, 0.25) is 0 Å². The molecular formula is C17H11N3O2. The van der Waals surface area contributed by atoms with Gasteiger partial charge in [-0.05, 0) is 42.0 Å². The zero-order valence-corrected chi connectivity index (χ0v) is 11.6. The van der Waals surface area contributed by atoms with Gasteiger partial charge in [0.15, 0.2) is 0 Å². The van der Waals surface area contributed by atoms with Gasteiger partial charge in [-0.1, -0.05) is 0 Å². The van der Waals surface area contributed by atoms with Gasteiger partial charge in [0.1, 0.15) is 5.75 Å². The summed E-state index contributed by atoms with van der Waals surface area (Å²) in [5.41, 5.74) is 2.13. The lowest BCUT2D eigenvalue weighted by Gasteiger charge is -2.07. The highest BCUT2D eigenvalue weighted by atomic mass is 16.5. The number of hydrogen-bond donors (Lipinski definition) is 0. The largest absolute Gasteiger partial charge is 0.493 e. The first-order valence-corrected chi connectivity index (χ1v) is 6.94. The van der Waals surface area contributed by atoms with Crippen molar-refractivity contribution in [2.45, 2.75) is 6.42 Å². The molecule has 0 fully saturated rings. The van der Waals surface area contributed by atoms with E-state index in [1.807, 2.05) is 18.2 Å². The van der Waals surface area contributed by atoms with E-state index < -0.39 is 0 Å². The molecule has 1 aromatic heterocycles. The van der Waals surface area contributed by atoms with Crippen LogP contribution in [0.4, 0.5) is 0 Å². The number of rotatable bonds is 1. The lowest BCUT2D eigenvalue weighted by molar-refractivity contribution is 0.357. The Morgan fingerprint density at radius 3 is 3.00 bits per heavy atom. The monoisotopic (exact) mass is 289 g/mol. The average molecular weight is 289 g/mol. The summed E-state index contributed by atoms with van der Waals surface area (Å²) in [5, 5.41) is 14.4. The molecular weight excluding hydrogens is 278 g/mol. The Labute approximate surface area is 126 Å². The molecule has 4 rings (SSSR count). The second kappa shape index (κ2) is 4.71. The van der Waals surface area contributed by atoms with E-state index in [2.05, 4.69) is 11.2 Å². The van der Waals surface area contributed by atoms with Crippen LogP contribution in [-0.2, 0) is 6.42 Å². The van der Waals surface area contributed by atoms with Crippen molar-refractivity contribution in [2.24, 2.45) is 0 Å². The molecule has 0 bridgehead atoms. The molecule has 3 aromatic rings. The van der Waals surface area contributed by atoms with E-state index >= 15 is 0 Å². The van der Waals surface area contributed by atoms with E-state index in [9.17, 15) is 4.79 Å². The van der Waals surface area contributed by atoms with E-state index in [1.54, 1.807) is 24.4 Å². The molecule has 1 aliphatic heterocycles. The quantitative estimate of drug-likeness (QED) is 0.688. The number of nitriles is 1. The fraction of sp³-hybridized carbons (Fsp3) is 0.118. The van der Waals surface area contributed by atoms with Crippen LogP contribution in [0.1, 0.15) is 11.1 Å². The molecule has 2 heterocycles. The van der Waals surface area contributed by atoms with Crippen molar-refractivity contribution in [3.8, 4) is 17.5 Å². The third kappa shape index (κ3) is 1.85. The minimum atomic E-state index is -0.194. The van der Waals surface area contributed by atoms with Crippen LogP contribution in [0.3, 0.4) is 0 Å². The van der Waals surface area contributed by atoms with Gasteiger partial charge in [-0.3, -0.25) is 4.79 Å². The average Bonchev–Trinajstić information content (AvgIpc) is 3.02. The molecule has 0 atom stereocenters. The lowest BCUT2D eigenvalue weighted by Crippen LogP contribution is -2.21. The Hall–Kier alpha value is -3.13. The molecule has 0 spiro atoms. The maximum Gasteiger partial charge on any atom is 0.279 e. The minimum Gasteiger partial charge on any atom is -0.493 e. The van der Waals surface area contributed by atoms with Gasteiger partial charge in [0.2, 0.25) is 0 Å². The smallest absolute Gasteiger partial charge is 0.279 e. The van der Waals surface area contributed by atoms with Crippen molar-refractivity contribution < 1.29 is 4.74 Å². The molecule has 0 aliphatic carbocycles. The maximum absolute atomic E-state index is 12.6. The van der Waals surface area contributed by atoms with Gasteiger partial charge in [0.25, 0.3) is 5.56 Å². The van der Waals surface area contributed by atoms with Crippen molar-refractivity contribution in [2.75, 3.05) is 6.61 Å². The van der Waals surface area contributed by atoms with Crippen LogP contribution in [-0.4, -0.2) is 16.4 Å². The highest BCUT2D eigenvalue weighted by Crippen LogP contribution is 2.26. The van der Waals surface area contributed by atoms with Gasteiger partial charge in [-0.15, -0.1) is 0 Å². The molecule has 0 amide bonds. The summed E-state index contributed by atoms with van der Waals surface area (Å²) >= 11 is 0. The van der Waals surface area contributed by atoms with Crippen LogP contribution < -0.4 is 10.3 Å². The molecule has 5 heteroatoms. The maximum atomic E-state index is 12.6. The van der Waals surface area contributed by atoms with E-state index in [-0.39, 0.29) is 5.56 Å². The number of nitrogens with zero attached hydrogens (tertiary/aromatic N) is 3. The minimum absolute atomic E-state index is 0.194. The summed E-state index contributed by atoms with van der Waals surface area (Å²) in [7, 11) is 0. The predicted octanol–water partition coefficient (Wildman–Crippen LogP) is 2.19. The molecule has 2 aromatic carbocycles. The summed E-state index contributed by atoms with van der Waals surface area (Å²) < 4.78 is 6.86. The van der Waals surface area contributed by atoms with Gasteiger partial charge in [0, 0.05) is 11.8 Å². The first-order valence-electron chi connectivity index (χ1n) is 6.94. The second-order valence-corrected chi connectivity index (χ2v) is 5.17. The molecule has 0 N–H and O–H groups in total. The van der Waals surface area contributed by atoms with E-state index in [0.29, 0.717) is 22.9 Å². The van der Waals surface area contributed by atoms with Crippen molar-refractivity contribution >= 4 is 10.8 Å². The van der Waals surface area contributed by atoms with Crippen molar-refractivity contribution in [3.05, 3.63) is 64.1 Å². The summed E-state index contributed by atoms with van der Waals surface area (Å²) in [6.07, 6.45) is 2.46. The number of hydrogen-bond acceptors (Lipinski definition) is 4. The topological polar surface area (TPSA) is 67.9 Å². The van der Waals surface area contributed by atoms with E-state index in [1.165, 1.54) is 4.68 Å². The summed E-state index contributed by atoms with van der Waals surface area (Å²) in [6, 6.07) is 12.7. The lowest BCUT2D eigenvalue weighted by atomic mass is 10.1.